The fraction of sp³-hybridized carbons (Fsp3) is 0.567. The third-order valence-corrected chi connectivity index (χ3v) is 6.02. The van der Waals surface area contributed by atoms with Gasteiger partial charge in [-0.25, -0.2) is 0 Å². The second-order valence-electron chi connectivity index (χ2n) is 9.27. The number of aliphatic carboxylic acids is 1. The molecule has 0 heterocycles. The number of carboxylic acids is 1. The maximum atomic E-state index is 10.7. The van der Waals surface area contributed by atoms with Crippen LogP contribution in [0.15, 0.2) is 52.7 Å². The molecule has 0 saturated carbocycles. The molecule has 0 radical (unpaired) electrons. The predicted molar refractivity (Wildman–Crippen MR) is 146 cm³/mol. The van der Waals surface area contributed by atoms with Crippen molar-refractivity contribution in [2.75, 3.05) is 13.2 Å². The minimum atomic E-state index is -0.757. The van der Waals surface area contributed by atoms with E-state index in [4.69, 9.17) is 14.6 Å². The summed E-state index contributed by atoms with van der Waals surface area (Å²) in [4.78, 5) is 10.7. The minimum absolute atomic E-state index is 0.193. The average Bonchev–Trinajstić information content (AvgIpc) is 2.88. The lowest BCUT2D eigenvalue weighted by Gasteiger charge is -2.12. The normalized spacial score (nSPS) is 11.2. The van der Waals surface area contributed by atoms with Crippen molar-refractivity contribution in [2.45, 2.75) is 97.3 Å². The Morgan fingerprint density at radius 2 is 1.42 bits per heavy atom. The Hall–Kier alpha value is -2.89. The number of carbonyl (C=O) groups is 1. The van der Waals surface area contributed by atoms with Crippen LogP contribution in [0.5, 0.6) is 11.5 Å². The highest BCUT2D eigenvalue weighted by atomic mass is 16.5. The number of nitrogens with zero attached hydrogens (tertiary/aromatic N) is 2. The van der Waals surface area contributed by atoms with Crippen molar-refractivity contribution in [3.8, 4) is 11.5 Å². The van der Waals surface area contributed by atoms with Crippen LogP contribution in [0.1, 0.15) is 96.5 Å². The maximum Gasteiger partial charge on any atom is 0.303 e. The van der Waals surface area contributed by atoms with Gasteiger partial charge in [0, 0.05) is 12.5 Å². The van der Waals surface area contributed by atoms with Gasteiger partial charge in [0.25, 0.3) is 0 Å². The van der Waals surface area contributed by atoms with E-state index in [9.17, 15) is 4.79 Å². The lowest BCUT2D eigenvalue weighted by molar-refractivity contribution is -0.137. The Morgan fingerprint density at radius 1 is 0.750 bits per heavy atom. The smallest absolute Gasteiger partial charge is 0.303 e. The molecule has 0 unspecified atom stereocenters. The summed E-state index contributed by atoms with van der Waals surface area (Å²) in [6.45, 7) is 5.60. The number of unbranched alkanes of at least 4 members (excludes halogenated alkanes) is 8. The minimum Gasteiger partial charge on any atom is -0.493 e. The number of hydrogen-bond donors (Lipinski definition) is 1. The van der Waals surface area contributed by atoms with Crippen LogP contribution < -0.4 is 9.47 Å². The van der Waals surface area contributed by atoms with Crippen LogP contribution in [-0.4, -0.2) is 24.3 Å². The van der Waals surface area contributed by atoms with Crippen LogP contribution in [0.3, 0.4) is 0 Å². The van der Waals surface area contributed by atoms with Crippen LogP contribution in [0.4, 0.5) is 11.4 Å². The predicted octanol–water partition coefficient (Wildman–Crippen LogP) is 9.21. The lowest BCUT2D eigenvalue weighted by atomic mass is 10.1. The first kappa shape index (κ1) is 29.3. The highest BCUT2D eigenvalue weighted by Crippen LogP contribution is 2.33. The fourth-order valence-electron chi connectivity index (χ4n) is 3.84. The van der Waals surface area contributed by atoms with Gasteiger partial charge in [0.2, 0.25) is 0 Å². The molecule has 6 nitrogen and oxygen atoms in total. The fourth-order valence-corrected chi connectivity index (χ4v) is 3.84. The van der Waals surface area contributed by atoms with Crippen molar-refractivity contribution in [3.63, 3.8) is 0 Å². The van der Waals surface area contributed by atoms with Crippen molar-refractivity contribution in [3.05, 3.63) is 48.0 Å². The van der Waals surface area contributed by atoms with E-state index >= 15 is 0 Å². The second-order valence-corrected chi connectivity index (χ2v) is 9.27. The monoisotopic (exact) mass is 496 g/mol. The van der Waals surface area contributed by atoms with E-state index in [1.165, 1.54) is 50.5 Å². The van der Waals surface area contributed by atoms with Crippen LogP contribution in [0.2, 0.25) is 0 Å². The van der Waals surface area contributed by atoms with Gasteiger partial charge in [-0.1, -0.05) is 64.5 Å². The van der Waals surface area contributed by atoms with Gasteiger partial charge >= 0.3 is 5.97 Å². The Bertz CT molecular complexity index is 896. The zero-order valence-corrected chi connectivity index (χ0v) is 22.2. The first-order valence-corrected chi connectivity index (χ1v) is 13.7. The van der Waals surface area contributed by atoms with Crippen LogP contribution in [0, 0.1) is 0 Å². The van der Waals surface area contributed by atoms with E-state index in [0.717, 1.165) is 37.1 Å². The molecule has 198 valence electrons. The second kappa shape index (κ2) is 18.4. The molecule has 0 bridgehead atoms. The summed E-state index contributed by atoms with van der Waals surface area (Å²) in [5.74, 6) is 0.640. The zero-order chi connectivity index (χ0) is 25.8. The van der Waals surface area contributed by atoms with Gasteiger partial charge in [0.05, 0.1) is 18.9 Å². The summed E-state index contributed by atoms with van der Waals surface area (Å²) in [5, 5.41) is 17.7. The van der Waals surface area contributed by atoms with Gasteiger partial charge in [-0.05, 0) is 68.4 Å². The average molecular weight is 497 g/mol. The molecule has 0 saturated heterocycles. The highest BCUT2D eigenvalue weighted by molar-refractivity contribution is 5.66. The van der Waals surface area contributed by atoms with E-state index in [0.29, 0.717) is 31.1 Å². The maximum absolute atomic E-state index is 10.7. The summed E-state index contributed by atoms with van der Waals surface area (Å²) in [5.41, 5.74) is 2.79. The van der Waals surface area contributed by atoms with Crippen molar-refractivity contribution < 1.29 is 19.4 Å². The van der Waals surface area contributed by atoms with E-state index < -0.39 is 5.97 Å². The number of benzene rings is 2. The quantitative estimate of drug-likeness (QED) is 0.146. The molecule has 6 heteroatoms. The Morgan fingerprint density at radius 3 is 2.11 bits per heavy atom. The molecule has 2 rings (SSSR count). The van der Waals surface area contributed by atoms with Gasteiger partial charge in [0.15, 0.2) is 0 Å². The number of ether oxygens (including phenoxy) is 2. The van der Waals surface area contributed by atoms with Gasteiger partial charge in [-0.15, -0.1) is 5.11 Å². The van der Waals surface area contributed by atoms with Crippen LogP contribution >= 0.6 is 0 Å². The zero-order valence-electron chi connectivity index (χ0n) is 22.2. The van der Waals surface area contributed by atoms with Gasteiger partial charge in [-0.2, -0.15) is 5.11 Å². The molecule has 2 aromatic carbocycles. The molecule has 0 spiro atoms. The number of hydrogen-bond acceptors (Lipinski definition) is 5. The number of aryl methyl sites for hydroxylation is 1. The largest absolute Gasteiger partial charge is 0.493 e. The Kier molecular flexibility index (Phi) is 15.0. The van der Waals surface area contributed by atoms with Crippen molar-refractivity contribution >= 4 is 17.3 Å². The first-order chi connectivity index (χ1) is 17.6. The van der Waals surface area contributed by atoms with E-state index in [-0.39, 0.29) is 6.42 Å². The third kappa shape index (κ3) is 12.7. The molecule has 0 fully saturated rings. The molecule has 0 aromatic heterocycles. The topological polar surface area (TPSA) is 80.5 Å². The van der Waals surface area contributed by atoms with Gasteiger partial charge < -0.3 is 14.6 Å². The third-order valence-electron chi connectivity index (χ3n) is 6.02. The van der Waals surface area contributed by atoms with Crippen molar-refractivity contribution in [2.24, 2.45) is 10.2 Å². The van der Waals surface area contributed by atoms with Crippen molar-refractivity contribution in [1.82, 2.24) is 0 Å². The molecule has 36 heavy (non-hydrogen) atoms. The number of carboxylic acid groups (broad SMARTS) is 1. The molecular weight excluding hydrogens is 452 g/mol. The molecule has 0 atom stereocenters. The molecular formula is C30H44N2O4. The molecule has 0 amide bonds. The first-order valence-electron chi connectivity index (χ1n) is 13.7. The van der Waals surface area contributed by atoms with E-state index in [1.807, 2.05) is 30.3 Å². The molecule has 0 aliphatic carbocycles. The SMILES string of the molecule is CCCCCCOc1ccc(N=Nc2ccc(CCCCCC)cc2)c(OCCCCCC(=O)O)c1. The van der Waals surface area contributed by atoms with Crippen LogP contribution in [-0.2, 0) is 11.2 Å². The summed E-state index contributed by atoms with van der Waals surface area (Å²) in [7, 11) is 0. The molecule has 2 aromatic rings. The standard InChI is InChI=1S/C30H44N2O4/c1-3-5-7-10-14-25-16-18-26(19-17-25)31-32-28-21-20-27(35-22-12-8-6-4-2)24-29(28)36-23-13-9-11-15-30(33)34/h16-21,24H,3-15,22-23H2,1-2H3,(H,33,34). The summed E-state index contributed by atoms with van der Waals surface area (Å²) >= 11 is 0. The highest BCUT2D eigenvalue weighted by Gasteiger charge is 2.07. The summed E-state index contributed by atoms with van der Waals surface area (Å²) < 4.78 is 11.9. The number of rotatable bonds is 20. The van der Waals surface area contributed by atoms with E-state index in [2.05, 4.69) is 36.2 Å². The molecule has 0 aliphatic heterocycles. The number of azo groups is 1. The lowest BCUT2D eigenvalue weighted by Crippen LogP contribution is -2.01. The summed E-state index contributed by atoms with van der Waals surface area (Å²) in [6, 6.07) is 13.9. The van der Waals surface area contributed by atoms with E-state index in [1.54, 1.807) is 0 Å². The summed E-state index contributed by atoms with van der Waals surface area (Å²) in [6.07, 6.45) is 13.2. The van der Waals surface area contributed by atoms with Crippen LogP contribution in [0.25, 0.3) is 0 Å². The molecule has 0 aliphatic rings. The Labute approximate surface area is 217 Å². The Balaban J connectivity index is 1.98. The molecule has 1 N–H and O–H groups in total. The van der Waals surface area contributed by atoms with Gasteiger partial charge in [0.1, 0.15) is 17.2 Å². The van der Waals surface area contributed by atoms with Crippen molar-refractivity contribution in [1.29, 1.82) is 0 Å². The van der Waals surface area contributed by atoms with Gasteiger partial charge in [-0.3, -0.25) is 4.79 Å².